The Hall–Kier alpha value is -2.69. The molecule has 1 aliphatic rings. The lowest BCUT2D eigenvalue weighted by Crippen LogP contribution is -1.94. The summed E-state index contributed by atoms with van der Waals surface area (Å²) < 4.78 is 15.8. The van der Waals surface area contributed by atoms with Crippen molar-refractivity contribution in [2.45, 2.75) is 0 Å². The van der Waals surface area contributed by atoms with Gasteiger partial charge in [0.2, 0.25) is 6.79 Å². The second-order valence-corrected chi connectivity index (χ2v) is 4.18. The predicted octanol–water partition coefficient (Wildman–Crippen LogP) is 2.87. The maximum atomic E-state index is 5.32. The average Bonchev–Trinajstić information content (AvgIpc) is 2.95. The average molecular weight is 270 g/mol. The third-order valence-corrected chi connectivity index (χ3v) is 2.90. The quantitative estimate of drug-likeness (QED) is 0.685. The van der Waals surface area contributed by atoms with E-state index < -0.39 is 0 Å². The largest absolute Gasteiger partial charge is 0.495 e. The lowest BCUT2D eigenvalue weighted by Gasteiger charge is -2.06. The first-order chi connectivity index (χ1) is 9.86. The molecule has 1 N–H and O–H groups in total. The number of para-hydroxylation sites is 2. The summed E-state index contributed by atoms with van der Waals surface area (Å²) >= 11 is 0. The van der Waals surface area contributed by atoms with E-state index in [1.165, 1.54) is 0 Å². The minimum Gasteiger partial charge on any atom is -0.495 e. The summed E-state index contributed by atoms with van der Waals surface area (Å²) in [4.78, 5) is 0. The maximum absolute atomic E-state index is 5.32. The van der Waals surface area contributed by atoms with Crippen molar-refractivity contribution >= 4 is 11.9 Å². The van der Waals surface area contributed by atoms with E-state index in [4.69, 9.17) is 14.2 Å². The van der Waals surface area contributed by atoms with E-state index in [9.17, 15) is 0 Å². The smallest absolute Gasteiger partial charge is 0.231 e. The third kappa shape index (κ3) is 2.51. The van der Waals surface area contributed by atoms with E-state index in [2.05, 4.69) is 10.5 Å². The number of methoxy groups -OCH3 is 1. The minimum absolute atomic E-state index is 0.273. The molecule has 0 radical (unpaired) electrons. The fourth-order valence-corrected chi connectivity index (χ4v) is 1.91. The van der Waals surface area contributed by atoms with Crippen LogP contribution in [0.2, 0.25) is 0 Å². The van der Waals surface area contributed by atoms with Crippen LogP contribution in [0.3, 0.4) is 0 Å². The van der Waals surface area contributed by atoms with Gasteiger partial charge in [-0.25, -0.2) is 0 Å². The van der Waals surface area contributed by atoms with Gasteiger partial charge < -0.3 is 14.2 Å². The zero-order chi connectivity index (χ0) is 13.8. The number of nitrogens with one attached hydrogen (secondary N) is 1. The molecule has 0 aromatic heterocycles. The molecule has 0 saturated heterocycles. The van der Waals surface area contributed by atoms with Crippen molar-refractivity contribution in [1.29, 1.82) is 0 Å². The van der Waals surface area contributed by atoms with Crippen LogP contribution >= 0.6 is 0 Å². The molecule has 0 bridgehead atoms. The van der Waals surface area contributed by atoms with Crippen molar-refractivity contribution in [3.8, 4) is 17.2 Å². The molecule has 1 aliphatic heterocycles. The Kier molecular flexibility index (Phi) is 3.41. The molecular weight excluding hydrogens is 256 g/mol. The topological polar surface area (TPSA) is 52.1 Å². The molecule has 5 heteroatoms. The fraction of sp³-hybridized carbons (Fsp3) is 0.133. The van der Waals surface area contributed by atoms with Gasteiger partial charge in [0.15, 0.2) is 11.5 Å². The Morgan fingerprint density at radius 1 is 1.15 bits per heavy atom. The summed E-state index contributed by atoms with van der Waals surface area (Å²) in [6, 6.07) is 13.3. The first kappa shape index (κ1) is 12.3. The lowest BCUT2D eigenvalue weighted by molar-refractivity contribution is 0.174. The van der Waals surface area contributed by atoms with Crippen molar-refractivity contribution in [3.63, 3.8) is 0 Å². The van der Waals surface area contributed by atoms with Crippen LogP contribution in [0.15, 0.2) is 47.6 Å². The first-order valence-corrected chi connectivity index (χ1v) is 6.18. The van der Waals surface area contributed by atoms with Crippen LogP contribution in [0.5, 0.6) is 17.2 Å². The Labute approximate surface area is 116 Å². The Balaban J connectivity index is 1.71. The molecule has 0 amide bonds. The van der Waals surface area contributed by atoms with E-state index in [1.54, 1.807) is 13.3 Å². The van der Waals surface area contributed by atoms with Gasteiger partial charge in [-0.2, -0.15) is 5.10 Å². The summed E-state index contributed by atoms with van der Waals surface area (Å²) in [7, 11) is 1.63. The monoisotopic (exact) mass is 270 g/mol. The summed E-state index contributed by atoms with van der Waals surface area (Å²) in [6.45, 7) is 0.273. The Morgan fingerprint density at radius 2 is 2.00 bits per heavy atom. The lowest BCUT2D eigenvalue weighted by atomic mass is 10.2. The van der Waals surface area contributed by atoms with Gasteiger partial charge >= 0.3 is 0 Å². The van der Waals surface area contributed by atoms with Crippen molar-refractivity contribution in [2.75, 3.05) is 19.3 Å². The fourth-order valence-electron chi connectivity index (χ4n) is 1.91. The van der Waals surface area contributed by atoms with E-state index in [0.29, 0.717) is 0 Å². The number of benzene rings is 2. The highest BCUT2D eigenvalue weighted by atomic mass is 16.7. The molecule has 1 heterocycles. The number of anilines is 1. The second-order valence-electron chi connectivity index (χ2n) is 4.18. The molecule has 0 atom stereocenters. The van der Waals surface area contributed by atoms with Gasteiger partial charge in [0, 0.05) is 0 Å². The highest BCUT2D eigenvalue weighted by Crippen LogP contribution is 2.32. The molecule has 0 unspecified atom stereocenters. The van der Waals surface area contributed by atoms with Gasteiger partial charge in [0.25, 0.3) is 0 Å². The number of hydrogen-bond acceptors (Lipinski definition) is 5. The molecule has 20 heavy (non-hydrogen) atoms. The van der Waals surface area contributed by atoms with Crippen LogP contribution in [0.1, 0.15) is 5.56 Å². The van der Waals surface area contributed by atoms with Gasteiger partial charge in [-0.15, -0.1) is 0 Å². The zero-order valence-corrected chi connectivity index (χ0v) is 11.0. The molecule has 0 aliphatic carbocycles. The summed E-state index contributed by atoms with van der Waals surface area (Å²) in [6.07, 6.45) is 1.72. The van der Waals surface area contributed by atoms with Crippen molar-refractivity contribution in [2.24, 2.45) is 5.10 Å². The van der Waals surface area contributed by atoms with Crippen LogP contribution in [-0.4, -0.2) is 20.1 Å². The van der Waals surface area contributed by atoms with Gasteiger partial charge in [-0.1, -0.05) is 12.1 Å². The van der Waals surface area contributed by atoms with Crippen LogP contribution in [0.25, 0.3) is 0 Å². The van der Waals surface area contributed by atoms with Crippen molar-refractivity contribution < 1.29 is 14.2 Å². The molecule has 0 saturated carbocycles. The van der Waals surface area contributed by atoms with Crippen LogP contribution in [-0.2, 0) is 0 Å². The van der Waals surface area contributed by atoms with Crippen LogP contribution < -0.4 is 19.6 Å². The normalized spacial score (nSPS) is 12.7. The Morgan fingerprint density at radius 3 is 2.90 bits per heavy atom. The summed E-state index contributed by atoms with van der Waals surface area (Å²) in [5.74, 6) is 2.25. The molecule has 0 fully saturated rings. The molecule has 2 aromatic carbocycles. The van der Waals surface area contributed by atoms with Gasteiger partial charge in [-0.05, 0) is 35.9 Å². The zero-order valence-electron chi connectivity index (χ0n) is 11.0. The highest BCUT2D eigenvalue weighted by molar-refractivity contribution is 5.81. The number of nitrogens with zero attached hydrogens (tertiary/aromatic N) is 1. The molecule has 3 rings (SSSR count). The number of ether oxygens (including phenoxy) is 3. The predicted molar refractivity (Wildman–Crippen MR) is 76.8 cm³/mol. The number of hydrazone groups is 1. The summed E-state index contributed by atoms with van der Waals surface area (Å²) in [5.41, 5.74) is 4.69. The van der Waals surface area contributed by atoms with E-state index >= 15 is 0 Å². The van der Waals surface area contributed by atoms with Crippen LogP contribution in [0.4, 0.5) is 5.69 Å². The summed E-state index contributed by atoms with van der Waals surface area (Å²) in [5, 5.41) is 4.19. The first-order valence-electron chi connectivity index (χ1n) is 6.18. The third-order valence-electron chi connectivity index (χ3n) is 2.90. The highest BCUT2D eigenvalue weighted by Gasteiger charge is 2.12. The van der Waals surface area contributed by atoms with Gasteiger partial charge in [0.05, 0.1) is 19.0 Å². The van der Waals surface area contributed by atoms with Crippen molar-refractivity contribution in [1.82, 2.24) is 0 Å². The van der Waals surface area contributed by atoms with E-state index in [0.717, 1.165) is 28.5 Å². The Bertz CT molecular complexity index is 641. The molecule has 102 valence electrons. The molecule has 2 aromatic rings. The standard InChI is InChI=1S/C15H14N2O3/c1-18-13-5-3-2-4-12(13)17-16-9-11-6-7-14-15(8-11)20-10-19-14/h2-9,17H,10H2,1H3/b16-9+. The molecule has 0 spiro atoms. The van der Waals surface area contributed by atoms with Gasteiger partial charge in [0.1, 0.15) is 5.75 Å². The van der Waals surface area contributed by atoms with Crippen molar-refractivity contribution in [3.05, 3.63) is 48.0 Å². The molecule has 5 nitrogen and oxygen atoms in total. The number of hydrogen-bond donors (Lipinski definition) is 1. The van der Waals surface area contributed by atoms with E-state index in [-0.39, 0.29) is 6.79 Å². The second kappa shape index (κ2) is 5.52. The SMILES string of the molecule is COc1ccccc1N/N=C/c1ccc2c(c1)OCO2. The molecular formula is C15H14N2O3. The maximum Gasteiger partial charge on any atom is 0.231 e. The van der Waals surface area contributed by atoms with Gasteiger partial charge in [-0.3, -0.25) is 5.43 Å². The number of fused-ring (bicyclic) bond motifs is 1. The van der Waals surface area contributed by atoms with Crippen LogP contribution in [0, 0.1) is 0 Å². The number of rotatable bonds is 4. The van der Waals surface area contributed by atoms with E-state index in [1.807, 2.05) is 42.5 Å². The minimum atomic E-state index is 0.273.